The van der Waals surface area contributed by atoms with Crippen molar-refractivity contribution in [2.24, 2.45) is 0 Å². The van der Waals surface area contributed by atoms with Crippen LogP contribution in [0.3, 0.4) is 0 Å². The van der Waals surface area contributed by atoms with Gasteiger partial charge in [0.05, 0.1) is 0 Å². The van der Waals surface area contributed by atoms with E-state index in [4.69, 9.17) is 7.85 Å². The maximum atomic E-state index is 5.81. The summed E-state index contributed by atoms with van der Waals surface area (Å²) < 4.78 is 0. The molecule has 2 heteroatoms. The van der Waals surface area contributed by atoms with Gasteiger partial charge in [-0.1, -0.05) is 90.4 Å². The van der Waals surface area contributed by atoms with Crippen LogP contribution in [0.5, 0.6) is 0 Å². The molecule has 3 rings (SSSR count). The van der Waals surface area contributed by atoms with Crippen molar-refractivity contribution in [1.29, 1.82) is 0 Å². The summed E-state index contributed by atoms with van der Waals surface area (Å²) in [6.07, 6.45) is 0. The smallest absolute Gasteiger partial charge is 0.0966 e. The molecule has 0 aliphatic rings. The minimum absolute atomic E-state index is 0.514. The Morgan fingerprint density at radius 2 is 0.900 bits per heavy atom. The van der Waals surface area contributed by atoms with Crippen LogP contribution in [-0.2, 0) is 0 Å². The molecule has 3 aromatic rings. The summed E-state index contributed by atoms with van der Waals surface area (Å²) >= 11 is 0. The summed E-state index contributed by atoms with van der Waals surface area (Å²) in [5.41, 5.74) is 0.810. The molecule has 0 aliphatic heterocycles. The molecule has 0 fully saturated rings. The van der Waals surface area contributed by atoms with E-state index in [1.165, 1.54) is 15.9 Å². The Hall–Kier alpha value is -1.85. The number of hydrogen-bond donors (Lipinski definition) is 0. The summed E-state index contributed by atoms with van der Waals surface area (Å²) in [5.74, 6) is 0. The second kappa shape index (κ2) is 6.07. The summed E-state index contributed by atoms with van der Waals surface area (Å²) in [7, 11) is 5.30. The van der Waals surface area contributed by atoms with Crippen LogP contribution in [0.15, 0.2) is 84.9 Å². The van der Waals surface area contributed by atoms with E-state index in [0.29, 0.717) is 0 Å². The molecular formula is C18H14BP. The monoisotopic (exact) mass is 272 g/mol. The van der Waals surface area contributed by atoms with E-state index >= 15 is 0 Å². The van der Waals surface area contributed by atoms with Crippen LogP contribution < -0.4 is 21.4 Å². The topological polar surface area (TPSA) is 0 Å². The molecule has 94 valence electrons. The summed E-state index contributed by atoms with van der Waals surface area (Å²) in [6.45, 7) is 0. The van der Waals surface area contributed by atoms with Gasteiger partial charge in [0.25, 0.3) is 0 Å². The van der Waals surface area contributed by atoms with E-state index in [1.807, 2.05) is 12.1 Å². The van der Waals surface area contributed by atoms with Gasteiger partial charge in [0.2, 0.25) is 0 Å². The predicted octanol–water partition coefficient (Wildman–Crippen LogP) is 2.24. The van der Waals surface area contributed by atoms with Crippen LogP contribution in [0.25, 0.3) is 0 Å². The van der Waals surface area contributed by atoms with Gasteiger partial charge >= 0.3 is 0 Å². The Morgan fingerprint density at radius 1 is 0.500 bits per heavy atom. The maximum Gasteiger partial charge on any atom is 0.113 e. The molecule has 0 nitrogen and oxygen atoms in total. The van der Waals surface area contributed by atoms with Gasteiger partial charge in [-0.2, -0.15) is 0 Å². The Bertz CT molecular complexity index is 623. The van der Waals surface area contributed by atoms with E-state index in [9.17, 15) is 0 Å². The van der Waals surface area contributed by atoms with Crippen LogP contribution >= 0.6 is 7.92 Å². The average Bonchev–Trinajstić information content (AvgIpc) is 2.52. The molecule has 0 heterocycles. The molecule has 3 aromatic carbocycles. The molecule has 0 amide bonds. The molecule has 0 unspecified atom stereocenters. The van der Waals surface area contributed by atoms with Gasteiger partial charge < -0.3 is 0 Å². The zero-order valence-corrected chi connectivity index (χ0v) is 12.0. The van der Waals surface area contributed by atoms with Crippen molar-refractivity contribution in [1.82, 2.24) is 0 Å². The van der Waals surface area contributed by atoms with Crippen molar-refractivity contribution in [3.63, 3.8) is 0 Å². The standard InChI is InChI=1S/C18H14BP/c19-15-11-13-18(14-12-15)20(16-7-3-1-4-8-16)17-9-5-2-6-10-17/h1-14H. The van der Waals surface area contributed by atoms with E-state index < -0.39 is 7.92 Å². The molecule has 0 aromatic heterocycles. The SMILES string of the molecule is [B]c1ccc(P(c2ccccc2)c2ccccc2)cc1. The lowest BCUT2D eigenvalue weighted by atomic mass is 9.97. The van der Waals surface area contributed by atoms with E-state index in [-0.39, 0.29) is 0 Å². The molecule has 2 radical (unpaired) electrons. The molecule has 0 saturated carbocycles. The third-order valence-corrected chi connectivity index (χ3v) is 5.62. The fraction of sp³-hybridized carbons (Fsp3) is 0. The van der Waals surface area contributed by atoms with Crippen molar-refractivity contribution in [2.75, 3.05) is 0 Å². The summed E-state index contributed by atoms with van der Waals surface area (Å²) in [6, 6.07) is 29.6. The lowest BCUT2D eigenvalue weighted by Crippen LogP contribution is -2.21. The number of benzene rings is 3. The van der Waals surface area contributed by atoms with Crippen LogP contribution in [0.2, 0.25) is 0 Å². The minimum atomic E-state index is -0.514. The highest BCUT2D eigenvalue weighted by molar-refractivity contribution is 7.79. The summed E-state index contributed by atoms with van der Waals surface area (Å²) in [4.78, 5) is 0. The van der Waals surface area contributed by atoms with Gasteiger partial charge in [-0.15, -0.1) is 0 Å². The lowest BCUT2D eigenvalue weighted by molar-refractivity contribution is 1.75. The first-order chi connectivity index (χ1) is 9.84. The van der Waals surface area contributed by atoms with Gasteiger partial charge in [0.1, 0.15) is 7.85 Å². The normalized spacial score (nSPS) is 10.7. The Balaban J connectivity index is 2.11. The quantitative estimate of drug-likeness (QED) is 0.506. The predicted molar refractivity (Wildman–Crippen MR) is 90.5 cm³/mol. The molecule has 20 heavy (non-hydrogen) atoms. The molecule has 0 bridgehead atoms. The second-order valence-corrected chi connectivity index (χ2v) is 6.82. The fourth-order valence-electron chi connectivity index (χ4n) is 2.22. The second-order valence-electron chi connectivity index (χ2n) is 4.60. The van der Waals surface area contributed by atoms with Gasteiger partial charge in [0.15, 0.2) is 0 Å². The molecule has 0 aliphatic carbocycles. The maximum absolute atomic E-state index is 5.81. The molecule has 0 N–H and O–H groups in total. The van der Waals surface area contributed by atoms with E-state index in [0.717, 1.165) is 5.46 Å². The van der Waals surface area contributed by atoms with Crippen LogP contribution in [0.4, 0.5) is 0 Å². The van der Waals surface area contributed by atoms with Gasteiger partial charge in [-0.25, -0.2) is 0 Å². The molecule has 0 atom stereocenters. The van der Waals surface area contributed by atoms with Gasteiger partial charge in [-0.3, -0.25) is 0 Å². The highest BCUT2D eigenvalue weighted by Gasteiger charge is 2.15. The first-order valence-corrected chi connectivity index (χ1v) is 7.94. The van der Waals surface area contributed by atoms with Crippen molar-refractivity contribution in [2.45, 2.75) is 0 Å². The zero-order valence-electron chi connectivity index (χ0n) is 11.1. The molecular weight excluding hydrogens is 258 g/mol. The lowest BCUT2D eigenvalue weighted by Gasteiger charge is -2.19. The van der Waals surface area contributed by atoms with E-state index in [2.05, 4.69) is 72.8 Å². The molecule has 0 saturated heterocycles. The summed E-state index contributed by atoms with van der Waals surface area (Å²) in [5, 5.41) is 4.04. The van der Waals surface area contributed by atoms with Gasteiger partial charge in [-0.05, 0) is 23.8 Å². The third kappa shape index (κ3) is 2.84. The van der Waals surface area contributed by atoms with Crippen LogP contribution in [-0.4, -0.2) is 7.85 Å². The van der Waals surface area contributed by atoms with Crippen molar-refractivity contribution in [3.05, 3.63) is 84.9 Å². The molecule has 0 spiro atoms. The number of rotatable bonds is 3. The van der Waals surface area contributed by atoms with Crippen molar-refractivity contribution in [3.8, 4) is 0 Å². The Morgan fingerprint density at radius 3 is 1.35 bits per heavy atom. The third-order valence-electron chi connectivity index (χ3n) is 3.18. The van der Waals surface area contributed by atoms with Crippen LogP contribution in [0, 0.1) is 0 Å². The fourth-order valence-corrected chi connectivity index (χ4v) is 4.51. The average molecular weight is 272 g/mol. The Labute approximate surface area is 122 Å². The van der Waals surface area contributed by atoms with Gasteiger partial charge in [0, 0.05) is 0 Å². The largest absolute Gasteiger partial charge is 0.113 e. The zero-order chi connectivity index (χ0) is 13.8. The minimum Gasteiger partial charge on any atom is -0.0966 e. The van der Waals surface area contributed by atoms with Crippen LogP contribution in [0.1, 0.15) is 0 Å². The first-order valence-electron chi connectivity index (χ1n) is 6.60. The Kier molecular flexibility index (Phi) is 3.99. The first kappa shape index (κ1) is 13.2. The van der Waals surface area contributed by atoms with E-state index in [1.54, 1.807) is 0 Å². The highest BCUT2D eigenvalue weighted by atomic mass is 31.1. The van der Waals surface area contributed by atoms with Crippen molar-refractivity contribution >= 4 is 37.1 Å². The van der Waals surface area contributed by atoms with Crippen molar-refractivity contribution < 1.29 is 0 Å². The highest BCUT2D eigenvalue weighted by Crippen LogP contribution is 2.31. The number of hydrogen-bond acceptors (Lipinski definition) is 0.